The van der Waals surface area contributed by atoms with Crippen molar-refractivity contribution in [3.05, 3.63) is 10.8 Å². The summed E-state index contributed by atoms with van der Waals surface area (Å²) in [6.45, 7) is 2.20. The van der Waals surface area contributed by atoms with Crippen molar-refractivity contribution in [2.45, 2.75) is 51.4 Å². The predicted octanol–water partition coefficient (Wildman–Crippen LogP) is 2.34. The van der Waals surface area contributed by atoms with Crippen LogP contribution in [0, 0.1) is 0 Å². The second-order valence-corrected chi connectivity index (χ2v) is 6.11. The van der Waals surface area contributed by atoms with E-state index in [1.165, 1.54) is 30.6 Å². The van der Waals surface area contributed by atoms with Crippen molar-refractivity contribution in [3.8, 4) is 0 Å². The highest BCUT2D eigenvalue weighted by molar-refractivity contribution is 7.16. The summed E-state index contributed by atoms with van der Waals surface area (Å²) >= 11 is 1.41. The first kappa shape index (κ1) is 13.5. The topological polar surface area (TPSA) is 69.4 Å². The van der Waals surface area contributed by atoms with Crippen molar-refractivity contribution >= 4 is 22.3 Å². The van der Waals surface area contributed by atoms with Crippen LogP contribution >= 0.6 is 11.3 Å². The van der Waals surface area contributed by atoms with Gasteiger partial charge in [-0.05, 0) is 19.8 Å². The number of aromatic nitrogens is 4. The van der Waals surface area contributed by atoms with E-state index in [2.05, 4.69) is 15.3 Å². The van der Waals surface area contributed by atoms with Gasteiger partial charge in [-0.2, -0.15) is 9.61 Å². The molecule has 0 radical (unpaired) electrons. The quantitative estimate of drug-likeness (QED) is 0.809. The van der Waals surface area contributed by atoms with Crippen LogP contribution in [0.2, 0.25) is 0 Å². The Balaban J connectivity index is 1.81. The van der Waals surface area contributed by atoms with Gasteiger partial charge in [-0.15, -0.1) is 10.2 Å². The van der Waals surface area contributed by atoms with E-state index in [0.29, 0.717) is 12.5 Å². The molecule has 2 aromatic heterocycles. The van der Waals surface area contributed by atoms with E-state index in [-0.39, 0.29) is 12.4 Å². The van der Waals surface area contributed by atoms with Crippen LogP contribution in [0.4, 0.5) is 0 Å². The first-order valence-corrected chi connectivity index (χ1v) is 7.96. The highest BCUT2D eigenvalue weighted by Gasteiger charge is 2.23. The van der Waals surface area contributed by atoms with Crippen molar-refractivity contribution in [1.29, 1.82) is 0 Å². The highest BCUT2D eigenvalue weighted by Crippen LogP contribution is 2.32. The van der Waals surface area contributed by atoms with Crippen molar-refractivity contribution in [3.63, 3.8) is 0 Å². The minimum Gasteiger partial charge on any atom is -0.466 e. The van der Waals surface area contributed by atoms with Gasteiger partial charge in [0.15, 0.2) is 5.82 Å². The molecule has 0 atom stereocenters. The van der Waals surface area contributed by atoms with E-state index in [4.69, 9.17) is 4.74 Å². The van der Waals surface area contributed by atoms with E-state index in [1.54, 1.807) is 6.92 Å². The Morgan fingerprint density at radius 3 is 2.90 bits per heavy atom. The largest absolute Gasteiger partial charge is 0.466 e. The van der Waals surface area contributed by atoms with Gasteiger partial charge >= 0.3 is 5.97 Å². The summed E-state index contributed by atoms with van der Waals surface area (Å²) < 4.78 is 6.76. The number of fused-ring (bicyclic) bond motifs is 1. The molecule has 0 amide bonds. The van der Waals surface area contributed by atoms with Gasteiger partial charge in [0.2, 0.25) is 4.96 Å². The van der Waals surface area contributed by atoms with Crippen LogP contribution in [-0.2, 0) is 16.0 Å². The summed E-state index contributed by atoms with van der Waals surface area (Å²) in [6.07, 6.45) is 6.34. The van der Waals surface area contributed by atoms with E-state index >= 15 is 0 Å². The van der Waals surface area contributed by atoms with Gasteiger partial charge < -0.3 is 4.74 Å². The van der Waals surface area contributed by atoms with Gasteiger partial charge in [-0.1, -0.05) is 30.6 Å². The first-order valence-electron chi connectivity index (χ1n) is 7.14. The summed E-state index contributed by atoms with van der Waals surface area (Å²) in [6, 6.07) is 0. The molecule has 0 saturated heterocycles. The summed E-state index contributed by atoms with van der Waals surface area (Å²) in [5.74, 6) is 1.17. The predicted molar refractivity (Wildman–Crippen MR) is 74.8 cm³/mol. The Hall–Kier alpha value is -1.50. The smallest absolute Gasteiger partial charge is 0.312 e. The Morgan fingerprint density at radius 2 is 2.15 bits per heavy atom. The SMILES string of the molecule is CCOC(=O)Cc1nn2c(C3CCCCC3)nnc2s1. The maximum atomic E-state index is 11.5. The van der Waals surface area contributed by atoms with Gasteiger partial charge in [0, 0.05) is 5.92 Å². The van der Waals surface area contributed by atoms with Crippen LogP contribution in [0.25, 0.3) is 4.96 Å². The number of esters is 1. The zero-order valence-electron chi connectivity index (χ0n) is 11.5. The monoisotopic (exact) mass is 294 g/mol. The van der Waals surface area contributed by atoms with E-state index in [9.17, 15) is 4.79 Å². The van der Waals surface area contributed by atoms with Crippen LogP contribution in [-0.4, -0.2) is 32.4 Å². The summed E-state index contributed by atoms with van der Waals surface area (Å²) in [5.41, 5.74) is 0. The molecule has 0 bridgehead atoms. The van der Waals surface area contributed by atoms with Crippen LogP contribution in [0.3, 0.4) is 0 Å². The third-order valence-corrected chi connectivity index (χ3v) is 4.53. The Bertz CT molecular complexity index is 601. The molecule has 1 fully saturated rings. The molecule has 2 heterocycles. The lowest BCUT2D eigenvalue weighted by Crippen LogP contribution is -2.10. The number of hydrogen-bond acceptors (Lipinski definition) is 6. The normalized spacial score (nSPS) is 16.6. The molecule has 1 aliphatic carbocycles. The van der Waals surface area contributed by atoms with Crippen molar-refractivity contribution in [2.24, 2.45) is 0 Å². The fourth-order valence-electron chi connectivity index (χ4n) is 2.69. The van der Waals surface area contributed by atoms with Gasteiger partial charge in [0.1, 0.15) is 5.01 Å². The Labute approximate surface area is 121 Å². The van der Waals surface area contributed by atoms with Gasteiger partial charge in [-0.3, -0.25) is 4.79 Å². The van der Waals surface area contributed by atoms with Crippen LogP contribution in [0.1, 0.15) is 55.8 Å². The second kappa shape index (κ2) is 5.87. The molecule has 0 aliphatic heterocycles. The van der Waals surface area contributed by atoms with E-state index < -0.39 is 0 Å². The fraction of sp³-hybridized carbons (Fsp3) is 0.692. The minimum atomic E-state index is -0.239. The van der Waals surface area contributed by atoms with Gasteiger partial charge in [0.05, 0.1) is 13.0 Å². The van der Waals surface area contributed by atoms with Crippen molar-refractivity contribution in [1.82, 2.24) is 19.8 Å². The molecule has 0 aromatic carbocycles. The minimum absolute atomic E-state index is 0.214. The molecule has 1 aliphatic rings. The summed E-state index contributed by atoms with van der Waals surface area (Å²) in [7, 11) is 0. The third-order valence-electron chi connectivity index (χ3n) is 3.63. The number of nitrogens with zero attached hydrogens (tertiary/aromatic N) is 4. The molecule has 20 heavy (non-hydrogen) atoms. The summed E-state index contributed by atoms with van der Waals surface area (Å²) in [5, 5.41) is 13.7. The zero-order chi connectivity index (χ0) is 13.9. The Kier molecular flexibility index (Phi) is 3.95. The number of carbonyl (C=O) groups is 1. The zero-order valence-corrected chi connectivity index (χ0v) is 12.4. The molecular weight excluding hydrogens is 276 g/mol. The highest BCUT2D eigenvalue weighted by atomic mass is 32.1. The second-order valence-electron chi connectivity index (χ2n) is 5.07. The van der Waals surface area contributed by atoms with Crippen molar-refractivity contribution in [2.75, 3.05) is 6.61 Å². The standard InChI is InChI=1S/C13H18N4O2S/c1-2-19-11(18)8-10-16-17-12(14-15-13(17)20-10)9-6-4-3-5-7-9/h9H,2-8H2,1H3. The average molecular weight is 294 g/mol. The molecule has 0 unspecified atom stereocenters. The van der Waals surface area contributed by atoms with Crippen LogP contribution in [0.15, 0.2) is 0 Å². The maximum Gasteiger partial charge on any atom is 0.312 e. The lowest BCUT2D eigenvalue weighted by Gasteiger charge is -2.18. The van der Waals surface area contributed by atoms with E-state index in [0.717, 1.165) is 28.6 Å². The molecule has 6 nitrogen and oxygen atoms in total. The van der Waals surface area contributed by atoms with E-state index in [1.807, 2.05) is 4.52 Å². The first-order chi connectivity index (χ1) is 9.78. The molecule has 7 heteroatoms. The molecule has 1 saturated carbocycles. The van der Waals surface area contributed by atoms with Crippen molar-refractivity contribution < 1.29 is 9.53 Å². The maximum absolute atomic E-state index is 11.5. The number of ether oxygens (including phenoxy) is 1. The molecule has 0 spiro atoms. The van der Waals surface area contributed by atoms with Gasteiger partial charge in [-0.25, -0.2) is 0 Å². The Morgan fingerprint density at radius 1 is 1.35 bits per heavy atom. The molecule has 108 valence electrons. The van der Waals surface area contributed by atoms with Gasteiger partial charge in [0.25, 0.3) is 0 Å². The number of carbonyl (C=O) groups excluding carboxylic acids is 1. The van der Waals surface area contributed by atoms with Crippen LogP contribution < -0.4 is 0 Å². The molecular formula is C13H18N4O2S. The third kappa shape index (κ3) is 2.67. The molecule has 2 aromatic rings. The molecule has 3 rings (SSSR count). The average Bonchev–Trinajstić information content (AvgIpc) is 2.99. The fourth-order valence-corrected chi connectivity index (χ4v) is 3.52. The summed E-state index contributed by atoms with van der Waals surface area (Å²) in [4.78, 5) is 12.3. The lowest BCUT2D eigenvalue weighted by atomic mass is 9.89. The number of hydrogen-bond donors (Lipinski definition) is 0. The number of rotatable bonds is 4. The molecule has 0 N–H and O–H groups in total. The van der Waals surface area contributed by atoms with Crippen LogP contribution in [0.5, 0.6) is 0 Å². The lowest BCUT2D eigenvalue weighted by molar-refractivity contribution is -0.142.